The van der Waals surface area contributed by atoms with E-state index in [1.165, 1.54) is 5.69 Å². The second-order valence-corrected chi connectivity index (χ2v) is 6.26. The molecule has 2 aromatic heterocycles. The molecular formula is C17H20N4OS. The van der Waals surface area contributed by atoms with Crippen LogP contribution in [0.1, 0.15) is 17.0 Å². The van der Waals surface area contributed by atoms with Crippen LogP contribution in [0, 0.1) is 6.92 Å². The van der Waals surface area contributed by atoms with Crippen LogP contribution < -0.4 is 10.6 Å². The van der Waals surface area contributed by atoms with E-state index in [2.05, 4.69) is 20.0 Å². The lowest BCUT2D eigenvalue weighted by atomic mass is 10.1. The number of carbonyl (C=O) groups excluding carboxylic acids is 1. The SMILES string of the molecule is Cc1nc2sccn2c1CNCCNC(=O)Cc1ccccc1. The van der Waals surface area contributed by atoms with Crippen molar-refractivity contribution in [2.45, 2.75) is 19.9 Å². The summed E-state index contributed by atoms with van der Waals surface area (Å²) in [7, 11) is 0. The van der Waals surface area contributed by atoms with Crippen LogP contribution in [-0.4, -0.2) is 28.4 Å². The van der Waals surface area contributed by atoms with E-state index >= 15 is 0 Å². The molecule has 0 saturated heterocycles. The lowest BCUT2D eigenvalue weighted by Gasteiger charge is -2.07. The van der Waals surface area contributed by atoms with Gasteiger partial charge >= 0.3 is 0 Å². The number of aryl methyl sites for hydroxylation is 1. The Bertz CT molecular complexity index is 778. The third kappa shape index (κ3) is 3.97. The van der Waals surface area contributed by atoms with Crippen LogP contribution in [-0.2, 0) is 17.8 Å². The van der Waals surface area contributed by atoms with Crippen LogP contribution in [0.5, 0.6) is 0 Å². The quantitative estimate of drug-likeness (QED) is 0.654. The maximum Gasteiger partial charge on any atom is 0.224 e. The molecule has 0 fully saturated rings. The minimum absolute atomic E-state index is 0.0544. The van der Waals surface area contributed by atoms with Gasteiger partial charge in [0.25, 0.3) is 0 Å². The van der Waals surface area contributed by atoms with Gasteiger partial charge in [-0.3, -0.25) is 9.20 Å². The van der Waals surface area contributed by atoms with Crippen molar-refractivity contribution < 1.29 is 4.79 Å². The number of aromatic nitrogens is 2. The molecule has 2 N–H and O–H groups in total. The number of hydrogen-bond donors (Lipinski definition) is 2. The normalized spacial score (nSPS) is 11.0. The average Bonchev–Trinajstić information content (AvgIpc) is 3.10. The molecule has 0 atom stereocenters. The highest BCUT2D eigenvalue weighted by Gasteiger charge is 2.08. The number of nitrogens with one attached hydrogen (secondary N) is 2. The smallest absolute Gasteiger partial charge is 0.224 e. The molecule has 1 amide bonds. The van der Waals surface area contributed by atoms with Crippen LogP contribution in [0.15, 0.2) is 41.9 Å². The summed E-state index contributed by atoms with van der Waals surface area (Å²) < 4.78 is 2.11. The first-order valence-electron chi connectivity index (χ1n) is 7.66. The summed E-state index contributed by atoms with van der Waals surface area (Å²) in [4.78, 5) is 17.4. The van der Waals surface area contributed by atoms with Gasteiger partial charge < -0.3 is 10.6 Å². The fourth-order valence-electron chi connectivity index (χ4n) is 2.49. The highest BCUT2D eigenvalue weighted by molar-refractivity contribution is 7.15. The number of hydrogen-bond acceptors (Lipinski definition) is 4. The van der Waals surface area contributed by atoms with E-state index in [1.54, 1.807) is 11.3 Å². The molecule has 0 aliphatic rings. The third-order valence-electron chi connectivity index (χ3n) is 3.69. The summed E-state index contributed by atoms with van der Waals surface area (Å²) in [5.41, 5.74) is 3.27. The molecule has 120 valence electrons. The lowest BCUT2D eigenvalue weighted by Crippen LogP contribution is -2.32. The summed E-state index contributed by atoms with van der Waals surface area (Å²) in [5, 5.41) is 8.33. The Morgan fingerprint density at radius 1 is 1.26 bits per heavy atom. The monoisotopic (exact) mass is 328 g/mol. The molecule has 6 heteroatoms. The highest BCUT2D eigenvalue weighted by atomic mass is 32.1. The number of imidazole rings is 1. The second kappa shape index (κ2) is 7.39. The van der Waals surface area contributed by atoms with Gasteiger partial charge in [-0.25, -0.2) is 4.98 Å². The maximum atomic E-state index is 11.8. The van der Waals surface area contributed by atoms with Crippen LogP contribution >= 0.6 is 11.3 Å². The van der Waals surface area contributed by atoms with Gasteiger partial charge in [0.15, 0.2) is 4.96 Å². The van der Waals surface area contributed by atoms with Gasteiger partial charge in [0.1, 0.15) is 0 Å². The van der Waals surface area contributed by atoms with Crippen molar-refractivity contribution in [3.63, 3.8) is 0 Å². The molecule has 0 aliphatic heterocycles. The minimum atomic E-state index is 0.0544. The van der Waals surface area contributed by atoms with Gasteiger partial charge in [-0.05, 0) is 12.5 Å². The number of fused-ring (bicyclic) bond motifs is 1. The third-order valence-corrected chi connectivity index (χ3v) is 4.44. The number of rotatable bonds is 7. The lowest BCUT2D eigenvalue weighted by molar-refractivity contribution is -0.120. The van der Waals surface area contributed by atoms with Crippen molar-refractivity contribution in [3.05, 3.63) is 58.9 Å². The van der Waals surface area contributed by atoms with Crippen LogP contribution in [0.4, 0.5) is 0 Å². The largest absolute Gasteiger partial charge is 0.355 e. The Kier molecular flexibility index (Phi) is 5.05. The summed E-state index contributed by atoms with van der Waals surface area (Å²) in [6.45, 7) is 4.13. The number of nitrogens with zero attached hydrogens (tertiary/aromatic N) is 2. The van der Waals surface area contributed by atoms with Gasteiger partial charge in [-0.15, -0.1) is 11.3 Å². The molecule has 0 spiro atoms. The number of carbonyl (C=O) groups is 1. The Balaban J connectivity index is 1.39. The van der Waals surface area contributed by atoms with Crippen LogP contribution in [0.25, 0.3) is 4.96 Å². The minimum Gasteiger partial charge on any atom is -0.355 e. The van der Waals surface area contributed by atoms with Crippen LogP contribution in [0.3, 0.4) is 0 Å². The molecule has 3 rings (SSSR count). The molecule has 1 aromatic carbocycles. The summed E-state index contributed by atoms with van der Waals surface area (Å²) in [5.74, 6) is 0.0544. The van der Waals surface area contributed by atoms with E-state index in [-0.39, 0.29) is 5.91 Å². The van der Waals surface area contributed by atoms with Crippen molar-refractivity contribution >= 4 is 22.2 Å². The summed E-state index contributed by atoms with van der Waals surface area (Å²) >= 11 is 1.64. The number of benzene rings is 1. The zero-order valence-corrected chi connectivity index (χ0v) is 13.9. The van der Waals surface area contributed by atoms with Crippen molar-refractivity contribution in [1.29, 1.82) is 0 Å². The number of thiazole rings is 1. The zero-order chi connectivity index (χ0) is 16.1. The Morgan fingerprint density at radius 3 is 2.91 bits per heavy atom. The second-order valence-electron chi connectivity index (χ2n) is 5.39. The fourth-order valence-corrected chi connectivity index (χ4v) is 3.27. The molecular weight excluding hydrogens is 308 g/mol. The van der Waals surface area contributed by atoms with Gasteiger partial charge in [0, 0.05) is 31.2 Å². The van der Waals surface area contributed by atoms with E-state index in [1.807, 2.05) is 48.8 Å². The molecule has 0 unspecified atom stereocenters. The van der Waals surface area contributed by atoms with Crippen molar-refractivity contribution in [2.75, 3.05) is 13.1 Å². The first-order chi connectivity index (χ1) is 11.2. The molecule has 3 aromatic rings. The molecule has 0 aliphatic carbocycles. The highest BCUT2D eigenvalue weighted by Crippen LogP contribution is 2.16. The Morgan fingerprint density at radius 2 is 2.09 bits per heavy atom. The fraction of sp³-hybridized carbons (Fsp3) is 0.294. The molecule has 2 heterocycles. The van der Waals surface area contributed by atoms with E-state index in [0.29, 0.717) is 13.0 Å². The Labute approximate surface area is 139 Å². The molecule has 0 radical (unpaired) electrons. The van der Waals surface area contributed by atoms with Gasteiger partial charge in [0.05, 0.1) is 17.8 Å². The summed E-state index contributed by atoms with van der Waals surface area (Å²) in [6.07, 6.45) is 2.47. The molecule has 0 saturated carbocycles. The zero-order valence-electron chi connectivity index (χ0n) is 13.1. The van der Waals surface area contributed by atoms with Crippen molar-refractivity contribution in [2.24, 2.45) is 0 Å². The standard InChI is InChI=1S/C17H20N4OS/c1-13-15(21-9-10-23-17(21)20-13)12-18-7-8-19-16(22)11-14-5-3-2-4-6-14/h2-6,9-10,18H,7-8,11-12H2,1H3,(H,19,22). The summed E-state index contributed by atoms with van der Waals surface area (Å²) in [6, 6.07) is 9.78. The van der Waals surface area contributed by atoms with Crippen molar-refractivity contribution in [3.8, 4) is 0 Å². The predicted octanol–water partition coefficient (Wildman–Crippen LogP) is 2.15. The predicted molar refractivity (Wildman–Crippen MR) is 92.7 cm³/mol. The van der Waals surface area contributed by atoms with E-state index < -0.39 is 0 Å². The number of amides is 1. The van der Waals surface area contributed by atoms with Gasteiger partial charge in [-0.1, -0.05) is 30.3 Å². The van der Waals surface area contributed by atoms with Crippen LogP contribution in [0.2, 0.25) is 0 Å². The first-order valence-corrected chi connectivity index (χ1v) is 8.54. The first kappa shape index (κ1) is 15.7. The molecule has 0 bridgehead atoms. The average molecular weight is 328 g/mol. The van der Waals surface area contributed by atoms with E-state index in [9.17, 15) is 4.79 Å². The molecule has 23 heavy (non-hydrogen) atoms. The maximum absolute atomic E-state index is 11.8. The van der Waals surface area contributed by atoms with E-state index in [4.69, 9.17) is 0 Å². The molecule has 5 nitrogen and oxygen atoms in total. The van der Waals surface area contributed by atoms with Gasteiger partial charge in [0.2, 0.25) is 5.91 Å². The van der Waals surface area contributed by atoms with E-state index in [0.717, 1.165) is 29.3 Å². The van der Waals surface area contributed by atoms with Crippen molar-refractivity contribution in [1.82, 2.24) is 20.0 Å². The Hall–Kier alpha value is -2.18. The topological polar surface area (TPSA) is 58.4 Å². The van der Waals surface area contributed by atoms with Gasteiger partial charge in [-0.2, -0.15) is 0 Å².